The van der Waals surface area contributed by atoms with Crippen molar-refractivity contribution in [2.24, 2.45) is 5.92 Å². The lowest BCUT2D eigenvalue weighted by atomic mass is 9.75. The highest BCUT2D eigenvalue weighted by molar-refractivity contribution is 6.43. The standard InChI is InChI=1S/C22H28BFN2O5/c1-14(2)11-20(23(29)30)26-22(28)18(12-15-7-5-4-6-8-15)25-21(27)17-13-16(24)9-10-19(17)31-3/h4-10,13-14,18,20,29-30H,11-12H2,1-3H3,(H,25,27)(H,26,28). The quantitative estimate of drug-likeness (QED) is 0.430. The Balaban J connectivity index is 2.27. The molecule has 0 heterocycles. The molecule has 2 unspecified atom stereocenters. The maximum absolute atomic E-state index is 13.7. The summed E-state index contributed by atoms with van der Waals surface area (Å²) < 4.78 is 18.8. The number of hydrogen-bond donors (Lipinski definition) is 4. The molecular weight excluding hydrogens is 402 g/mol. The van der Waals surface area contributed by atoms with Gasteiger partial charge in [-0.2, -0.15) is 0 Å². The number of methoxy groups -OCH3 is 1. The average Bonchev–Trinajstić information content (AvgIpc) is 2.73. The summed E-state index contributed by atoms with van der Waals surface area (Å²) in [5.41, 5.74) is 0.744. The second kappa shape index (κ2) is 11.5. The molecule has 0 radical (unpaired) electrons. The molecule has 0 aliphatic rings. The van der Waals surface area contributed by atoms with Gasteiger partial charge in [-0.3, -0.25) is 9.59 Å². The van der Waals surface area contributed by atoms with Crippen molar-refractivity contribution in [1.82, 2.24) is 10.6 Å². The van der Waals surface area contributed by atoms with Crippen LogP contribution in [0, 0.1) is 11.7 Å². The van der Waals surface area contributed by atoms with Crippen molar-refractivity contribution in [3.63, 3.8) is 0 Å². The van der Waals surface area contributed by atoms with E-state index in [1.165, 1.54) is 19.2 Å². The van der Waals surface area contributed by atoms with Crippen molar-refractivity contribution in [3.8, 4) is 5.75 Å². The summed E-state index contributed by atoms with van der Waals surface area (Å²) in [6.45, 7) is 3.78. The van der Waals surface area contributed by atoms with Crippen LogP contribution in [0.15, 0.2) is 48.5 Å². The van der Waals surface area contributed by atoms with Crippen LogP contribution in [-0.4, -0.2) is 48.1 Å². The lowest BCUT2D eigenvalue weighted by molar-refractivity contribution is -0.123. The van der Waals surface area contributed by atoms with Gasteiger partial charge < -0.3 is 25.4 Å². The molecular formula is C22H28BFN2O5. The van der Waals surface area contributed by atoms with E-state index in [9.17, 15) is 24.0 Å². The molecule has 9 heteroatoms. The first-order chi connectivity index (χ1) is 14.7. The van der Waals surface area contributed by atoms with Gasteiger partial charge in [-0.05, 0) is 36.1 Å². The van der Waals surface area contributed by atoms with E-state index in [-0.39, 0.29) is 23.7 Å². The molecule has 0 bridgehead atoms. The average molecular weight is 430 g/mol. The van der Waals surface area contributed by atoms with Gasteiger partial charge in [-0.15, -0.1) is 0 Å². The molecule has 31 heavy (non-hydrogen) atoms. The van der Waals surface area contributed by atoms with Crippen molar-refractivity contribution < 1.29 is 28.8 Å². The van der Waals surface area contributed by atoms with Gasteiger partial charge in [0.15, 0.2) is 0 Å². The Labute approximate surface area is 181 Å². The van der Waals surface area contributed by atoms with E-state index >= 15 is 0 Å². The minimum atomic E-state index is -1.75. The Morgan fingerprint density at radius 2 is 1.77 bits per heavy atom. The first-order valence-electron chi connectivity index (χ1n) is 10.1. The van der Waals surface area contributed by atoms with E-state index in [0.29, 0.717) is 6.42 Å². The molecule has 2 rings (SSSR count). The molecule has 0 spiro atoms. The highest BCUT2D eigenvalue weighted by atomic mass is 19.1. The predicted molar refractivity (Wildman–Crippen MR) is 116 cm³/mol. The van der Waals surface area contributed by atoms with E-state index in [4.69, 9.17) is 4.74 Å². The Kier molecular flexibility index (Phi) is 9.02. The minimum absolute atomic E-state index is 0.0470. The van der Waals surface area contributed by atoms with Crippen LogP contribution >= 0.6 is 0 Å². The molecule has 2 aromatic carbocycles. The highest BCUT2D eigenvalue weighted by Gasteiger charge is 2.30. The lowest BCUT2D eigenvalue weighted by Crippen LogP contribution is -2.55. The van der Waals surface area contributed by atoms with Crippen LogP contribution in [0.1, 0.15) is 36.2 Å². The number of carbonyl (C=O) groups is 2. The van der Waals surface area contributed by atoms with Crippen molar-refractivity contribution >= 4 is 18.9 Å². The smallest absolute Gasteiger partial charge is 0.475 e. The largest absolute Gasteiger partial charge is 0.496 e. The van der Waals surface area contributed by atoms with Gasteiger partial charge in [0.2, 0.25) is 5.91 Å². The summed E-state index contributed by atoms with van der Waals surface area (Å²) >= 11 is 0. The third-order valence-corrected chi connectivity index (χ3v) is 4.72. The van der Waals surface area contributed by atoms with E-state index in [0.717, 1.165) is 11.6 Å². The topological polar surface area (TPSA) is 108 Å². The van der Waals surface area contributed by atoms with Gasteiger partial charge in [0.25, 0.3) is 5.91 Å². The summed E-state index contributed by atoms with van der Waals surface area (Å²) in [6.07, 6.45) is 0.499. The number of nitrogens with one attached hydrogen (secondary N) is 2. The second-order valence-corrected chi connectivity index (χ2v) is 7.72. The first-order valence-corrected chi connectivity index (χ1v) is 10.1. The van der Waals surface area contributed by atoms with Crippen LogP contribution in [0.25, 0.3) is 0 Å². The summed E-state index contributed by atoms with van der Waals surface area (Å²) in [5, 5.41) is 24.5. The number of ether oxygens (including phenoxy) is 1. The number of hydrogen-bond acceptors (Lipinski definition) is 5. The molecule has 0 saturated heterocycles. The molecule has 7 nitrogen and oxygen atoms in total. The van der Waals surface area contributed by atoms with E-state index in [2.05, 4.69) is 10.6 Å². The normalized spacial score (nSPS) is 12.7. The van der Waals surface area contributed by atoms with Gasteiger partial charge in [0.1, 0.15) is 17.6 Å². The van der Waals surface area contributed by atoms with Crippen molar-refractivity contribution in [1.29, 1.82) is 0 Å². The second-order valence-electron chi connectivity index (χ2n) is 7.72. The fourth-order valence-corrected chi connectivity index (χ4v) is 3.20. The van der Waals surface area contributed by atoms with E-state index in [1.54, 1.807) is 12.1 Å². The predicted octanol–water partition coefficient (Wildman–Crippen LogP) is 1.72. The Hall–Kier alpha value is -2.91. The third kappa shape index (κ3) is 7.38. The molecule has 0 aliphatic heterocycles. The third-order valence-electron chi connectivity index (χ3n) is 4.72. The number of benzene rings is 2. The Bertz CT molecular complexity index is 879. The van der Waals surface area contributed by atoms with Gasteiger partial charge >= 0.3 is 7.12 Å². The Morgan fingerprint density at radius 1 is 1.10 bits per heavy atom. The molecule has 0 saturated carbocycles. The highest BCUT2D eigenvalue weighted by Crippen LogP contribution is 2.19. The SMILES string of the molecule is COc1ccc(F)cc1C(=O)NC(Cc1ccccc1)C(=O)NC(CC(C)C)B(O)O. The molecule has 0 aromatic heterocycles. The van der Waals surface area contributed by atoms with Gasteiger partial charge in [0, 0.05) is 6.42 Å². The fraction of sp³-hybridized carbons (Fsp3) is 0.364. The zero-order valence-electron chi connectivity index (χ0n) is 17.8. The zero-order chi connectivity index (χ0) is 23.0. The minimum Gasteiger partial charge on any atom is -0.496 e. The van der Waals surface area contributed by atoms with Crippen molar-refractivity contribution in [2.45, 2.75) is 38.7 Å². The molecule has 2 aromatic rings. The Morgan fingerprint density at radius 3 is 2.35 bits per heavy atom. The maximum Gasteiger partial charge on any atom is 0.475 e. The number of carbonyl (C=O) groups excluding carboxylic acids is 2. The summed E-state index contributed by atoms with van der Waals surface area (Å²) in [7, 11) is -0.389. The fourth-order valence-electron chi connectivity index (χ4n) is 3.20. The molecule has 2 amide bonds. The zero-order valence-corrected chi connectivity index (χ0v) is 17.8. The molecule has 166 valence electrons. The van der Waals surface area contributed by atoms with Crippen LogP contribution in [-0.2, 0) is 11.2 Å². The summed E-state index contributed by atoms with van der Waals surface area (Å²) in [6, 6.07) is 11.6. The molecule has 0 aliphatic carbocycles. The van der Waals surface area contributed by atoms with Crippen LogP contribution in [0.2, 0.25) is 0 Å². The maximum atomic E-state index is 13.7. The summed E-state index contributed by atoms with van der Waals surface area (Å²) in [5.74, 6) is -2.50. The summed E-state index contributed by atoms with van der Waals surface area (Å²) in [4.78, 5) is 25.8. The van der Waals surface area contributed by atoms with E-state index in [1.807, 2.05) is 32.0 Å². The molecule has 2 atom stereocenters. The van der Waals surface area contributed by atoms with Gasteiger partial charge in [-0.25, -0.2) is 4.39 Å². The van der Waals surface area contributed by atoms with Crippen LogP contribution in [0.5, 0.6) is 5.75 Å². The van der Waals surface area contributed by atoms with Crippen LogP contribution < -0.4 is 15.4 Å². The number of rotatable bonds is 10. The van der Waals surface area contributed by atoms with Crippen LogP contribution in [0.4, 0.5) is 4.39 Å². The van der Waals surface area contributed by atoms with Crippen LogP contribution in [0.3, 0.4) is 0 Å². The van der Waals surface area contributed by atoms with Crippen molar-refractivity contribution in [3.05, 3.63) is 65.5 Å². The molecule has 0 fully saturated rings. The van der Waals surface area contributed by atoms with Gasteiger partial charge in [0.05, 0.1) is 18.6 Å². The van der Waals surface area contributed by atoms with Gasteiger partial charge in [-0.1, -0.05) is 44.2 Å². The number of amides is 2. The van der Waals surface area contributed by atoms with E-state index < -0.39 is 36.7 Å². The first kappa shape index (κ1) is 24.4. The monoisotopic (exact) mass is 430 g/mol. The van der Waals surface area contributed by atoms with Crippen molar-refractivity contribution in [2.75, 3.05) is 7.11 Å². The molecule has 4 N–H and O–H groups in total. The number of halogens is 1. The lowest BCUT2D eigenvalue weighted by Gasteiger charge is -2.24.